The summed E-state index contributed by atoms with van der Waals surface area (Å²) in [4.78, 5) is 2.34. The van der Waals surface area contributed by atoms with Crippen molar-refractivity contribution in [3.05, 3.63) is 71.3 Å². The lowest BCUT2D eigenvalue weighted by atomic mass is 10.1. The molecule has 0 heterocycles. The van der Waals surface area contributed by atoms with Gasteiger partial charge in [-0.1, -0.05) is 54.3 Å². The highest BCUT2D eigenvalue weighted by Crippen LogP contribution is 2.07. The van der Waals surface area contributed by atoms with Gasteiger partial charge < -0.3 is 10.6 Å². The van der Waals surface area contributed by atoms with Crippen molar-refractivity contribution in [1.82, 2.24) is 4.90 Å². The van der Waals surface area contributed by atoms with E-state index in [9.17, 15) is 0 Å². The van der Waals surface area contributed by atoms with Crippen LogP contribution in [0.3, 0.4) is 0 Å². The molecule has 2 rings (SSSR count). The molecule has 0 aliphatic rings. The Morgan fingerprint density at radius 2 is 1.67 bits per heavy atom. The largest absolute Gasteiger partial charge is 0.320 e. The number of hydrogen-bond acceptors (Lipinski definition) is 2. The van der Waals surface area contributed by atoms with Crippen LogP contribution in [-0.4, -0.2) is 25.0 Å². The van der Waals surface area contributed by atoms with Gasteiger partial charge in [0.1, 0.15) is 0 Å². The first-order valence-corrected chi connectivity index (χ1v) is 7.28. The molecule has 0 aliphatic heterocycles. The zero-order valence-corrected chi connectivity index (χ0v) is 12.5. The average Bonchev–Trinajstić information content (AvgIpc) is 2.53. The zero-order chi connectivity index (χ0) is 14.9. The molecular weight excluding hydrogens is 256 g/mol. The molecule has 2 nitrogen and oxygen atoms in total. The fraction of sp³-hybridized carbons (Fsp3) is 0.263. The number of benzene rings is 2. The van der Waals surface area contributed by atoms with E-state index in [4.69, 9.17) is 5.73 Å². The molecule has 21 heavy (non-hydrogen) atoms. The van der Waals surface area contributed by atoms with Crippen molar-refractivity contribution in [2.75, 3.05) is 20.1 Å². The maximum atomic E-state index is 5.37. The van der Waals surface area contributed by atoms with Crippen LogP contribution < -0.4 is 5.73 Å². The van der Waals surface area contributed by atoms with E-state index in [-0.39, 0.29) is 0 Å². The van der Waals surface area contributed by atoms with Gasteiger partial charge in [-0.3, -0.25) is 0 Å². The summed E-state index contributed by atoms with van der Waals surface area (Å²) >= 11 is 0. The van der Waals surface area contributed by atoms with E-state index >= 15 is 0 Å². The van der Waals surface area contributed by atoms with Gasteiger partial charge in [-0.05, 0) is 36.7 Å². The Morgan fingerprint density at radius 1 is 0.952 bits per heavy atom. The van der Waals surface area contributed by atoms with Gasteiger partial charge in [0.2, 0.25) is 0 Å². The number of nitrogens with two attached hydrogens (primary N) is 1. The minimum absolute atomic E-state index is 0.407. The SMILES string of the molecule is CN(CCc1ccccc1)Cc1ccc(C#CCN)cc1. The number of rotatable bonds is 5. The van der Waals surface area contributed by atoms with Crippen molar-refractivity contribution in [1.29, 1.82) is 0 Å². The fourth-order valence-corrected chi connectivity index (χ4v) is 2.20. The van der Waals surface area contributed by atoms with E-state index in [1.807, 2.05) is 0 Å². The van der Waals surface area contributed by atoms with Gasteiger partial charge in [0, 0.05) is 18.7 Å². The Bertz CT molecular complexity index is 591. The summed E-state index contributed by atoms with van der Waals surface area (Å²) in [5.41, 5.74) is 9.09. The van der Waals surface area contributed by atoms with Gasteiger partial charge in [0.25, 0.3) is 0 Å². The lowest BCUT2D eigenvalue weighted by Crippen LogP contribution is -2.20. The molecule has 0 saturated heterocycles. The second-order valence-electron chi connectivity index (χ2n) is 5.18. The molecule has 2 aromatic rings. The van der Waals surface area contributed by atoms with Crippen LogP contribution in [-0.2, 0) is 13.0 Å². The van der Waals surface area contributed by atoms with E-state index in [0.717, 1.165) is 25.1 Å². The molecule has 0 bridgehead atoms. The average molecular weight is 278 g/mol. The van der Waals surface area contributed by atoms with Gasteiger partial charge in [0.15, 0.2) is 0 Å². The second-order valence-corrected chi connectivity index (χ2v) is 5.18. The molecule has 0 atom stereocenters. The van der Waals surface area contributed by atoms with Crippen LogP contribution in [0.15, 0.2) is 54.6 Å². The first-order chi connectivity index (χ1) is 10.3. The Hall–Kier alpha value is -2.08. The van der Waals surface area contributed by atoms with E-state index in [0.29, 0.717) is 6.54 Å². The quantitative estimate of drug-likeness (QED) is 0.852. The molecule has 2 heteroatoms. The van der Waals surface area contributed by atoms with Gasteiger partial charge in [-0.25, -0.2) is 0 Å². The maximum absolute atomic E-state index is 5.37. The minimum Gasteiger partial charge on any atom is -0.320 e. The molecule has 0 aliphatic carbocycles. The normalized spacial score (nSPS) is 10.2. The summed E-state index contributed by atoms with van der Waals surface area (Å²) in [5.74, 6) is 5.91. The molecule has 0 amide bonds. The highest BCUT2D eigenvalue weighted by Gasteiger charge is 2.01. The van der Waals surface area contributed by atoms with Crippen molar-refractivity contribution < 1.29 is 0 Å². The highest BCUT2D eigenvalue weighted by atomic mass is 15.1. The van der Waals surface area contributed by atoms with Gasteiger partial charge >= 0.3 is 0 Å². The van der Waals surface area contributed by atoms with Gasteiger partial charge in [0.05, 0.1) is 6.54 Å². The van der Waals surface area contributed by atoms with Crippen LogP contribution in [0.25, 0.3) is 0 Å². The van der Waals surface area contributed by atoms with Crippen molar-refractivity contribution in [3.63, 3.8) is 0 Å². The Morgan fingerprint density at radius 3 is 2.33 bits per heavy atom. The predicted octanol–water partition coefficient (Wildman–Crippen LogP) is 2.67. The molecule has 2 N–H and O–H groups in total. The van der Waals surface area contributed by atoms with E-state index < -0.39 is 0 Å². The van der Waals surface area contributed by atoms with Crippen LogP contribution in [0.5, 0.6) is 0 Å². The molecule has 0 aromatic heterocycles. The number of nitrogens with zero attached hydrogens (tertiary/aromatic N) is 1. The summed E-state index contributed by atoms with van der Waals surface area (Å²) in [6.07, 6.45) is 1.08. The third-order valence-corrected chi connectivity index (χ3v) is 3.37. The molecule has 0 radical (unpaired) electrons. The summed E-state index contributed by atoms with van der Waals surface area (Å²) in [6.45, 7) is 2.42. The predicted molar refractivity (Wildman–Crippen MR) is 88.9 cm³/mol. The zero-order valence-electron chi connectivity index (χ0n) is 12.5. The molecular formula is C19H22N2. The monoisotopic (exact) mass is 278 g/mol. The van der Waals surface area contributed by atoms with Crippen molar-refractivity contribution in [2.45, 2.75) is 13.0 Å². The Kier molecular flexibility index (Phi) is 6.02. The summed E-state index contributed by atoms with van der Waals surface area (Å²) in [6, 6.07) is 19.0. The van der Waals surface area contributed by atoms with Crippen LogP contribution in [0.2, 0.25) is 0 Å². The standard InChI is InChI=1S/C19H22N2/c1-21(15-13-17-6-3-2-4-7-17)16-19-11-9-18(10-12-19)8-5-14-20/h2-4,6-7,9-12H,13-16,20H2,1H3. The maximum Gasteiger partial charge on any atom is 0.0555 e. The van der Waals surface area contributed by atoms with Crippen LogP contribution in [0.4, 0.5) is 0 Å². The summed E-state index contributed by atoms with van der Waals surface area (Å²) in [5, 5.41) is 0. The van der Waals surface area contributed by atoms with E-state index in [1.54, 1.807) is 0 Å². The van der Waals surface area contributed by atoms with Crippen molar-refractivity contribution in [2.24, 2.45) is 5.73 Å². The summed E-state index contributed by atoms with van der Waals surface area (Å²) < 4.78 is 0. The molecule has 0 unspecified atom stereocenters. The van der Waals surface area contributed by atoms with Crippen LogP contribution in [0, 0.1) is 11.8 Å². The van der Waals surface area contributed by atoms with Crippen LogP contribution >= 0.6 is 0 Å². The number of likely N-dealkylation sites (N-methyl/N-ethyl adjacent to an activating group) is 1. The van der Waals surface area contributed by atoms with Crippen molar-refractivity contribution >= 4 is 0 Å². The van der Waals surface area contributed by atoms with Crippen molar-refractivity contribution in [3.8, 4) is 11.8 Å². The number of hydrogen-bond donors (Lipinski definition) is 1. The minimum atomic E-state index is 0.407. The Balaban J connectivity index is 1.83. The fourth-order valence-electron chi connectivity index (χ4n) is 2.20. The molecule has 108 valence electrons. The van der Waals surface area contributed by atoms with Gasteiger partial charge in [-0.2, -0.15) is 0 Å². The summed E-state index contributed by atoms with van der Waals surface area (Å²) in [7, 11) is 2.16. The molecule has 0 spiro atoms. The smallest absolute Gasteiger partial charge is 0.0555 e. The topological polar surface area (TPSA) is 29.3 Å². The highest BCUT2D eigenvalue weighted by molar-refractivity contribution is 5.36. The lowest BCUT2D eigenvalue weighted by molar-refractivity contribution is 0.331. The second kappa shape index (κ2) is 8.26. The van der Waals surface area contributed by atoms with E-state index in [1.165, 1.54) is 11.1 Å². The van der Waals surface area contributed by atoms with E-state index in [2.05, 4.69) is 78.4 Å². The Labute approximate surface area is 127 Å². The molecule has 0 fully saturated rings. The molecule has 2 aromatic carbocycles. The molecule has 0 saturated carbocycles. The first kappa shape index (κ1) is 15.3. The first-order valence-electron chi connectivity index (χ1n) is 7.28. The van der Waals surface area contributed by atoms with Gasteiger partial charge in [-0.15, -0.1) is 0 Å². The lowest BCUT2D eigenvalue weighted by Gasteiger charge is -2.16. The third kappa shape index (κ3) is 5.43. The van der Waals surface area contributed by atoms with Crippen LogP contribution in [0.1, 0.15) is 16.7 Å². The third-order valence-electron chi connectivity index (χ3n) is 3.37.